The normalized spacial score (nSPS) is 23.5. The Morgan fingerprint density at radius 3 is 2.38 bits per heavy atom. The van der Waals surface area contributed by atoms with Crippen LogP contribution in [0.3, 0.4) is 0 Å². The van der Waals surface area contributed by atoms with Crippen molar-refractivity contribution in [2.45, 2.75) is 38.3 Å². The Kier molecular flexibility index (Phi) is 6.54. The average Bonchev–Trinajstić information content (AvgIpc) is 3.05. The van der Waals surface area contributed by atoms with E-state index in [9.17, 15) is 14.4 Å². The number of hydrogen-bond acceptors (Lipinski definition) is 6. The Bertz CT molecular complexity index is 1140. The van der Waals surface area contributed by atoms with Crippen molar-refractivity contribution in [3.05, 3.63) is 34.0 Å². The predicted octanol–water partition coefficient (Wildman–Crippen LogP) is 0.574. The minimum Gasteiger partial charge on any atom is -0.317 e. The third-order valence-electron chi connectivity index (χ3n) is 7.61. The van der Waals surface area contributed by atoms with E-state index in [0.717, 1.165) is 51.7 Å². The molecule has 4 heterocycles. The van der Waals surface area contributed by atoms with Crippen LogP contribution in [0.4, 0.5) is 4.39 Å². The molecule has 2 amide bonds. The third kappa shape index (κ3) is 4.54. The first kappa shape index (κ1) is 23.2. The van der Waals surface area contributed by atoms with Crippen molar-refractivity contribution >= 4 is 22.8 Å². The van der Waals surface area contributed by atoms with E-state index in [1.807, 2.05) is 0 Å². The van der Waals surface area contributed by atoms with E-state index >= 15 is 4.39 Å². The van der Waals surface area contributed by atoms with Gasteiger partial charge < -0.3 is 10.2 Å². The molecule has 3 saturated heterocycles. The Labute approximate surface area is 197 Å². The van der Waals surface area contributed by atoms with Crippen molar-refractivity contribution < 1.29 is 14.0 Å². The van der Waals surface area contributed by atoms with Crippen molar-refractivity contribution in [1.29, 1.82) is 0 Å². The molecule has 1 unspecified atom stereocenters. The number of carbonyl (C=O) groups is 2. The SMILES string of the molecule is Cn1c(=O)n(C2CCC(=O)NC2=O)c2cc(F)c(CN3CCN(CC4CCNCC4)CC3)cc21. The van der Waals surface area contributed by atoms with Gasteiger partial charge in [-0.25, -0.2) is 9.18 Å². The van der Waals surface area contributed by atoms with Crippen LogP contribution in [0.5, 0.6) is 0 Å². The molecule has 0 saturated carbocycles. The summed E-state index contributed by atoms with van der Waals surface area (Å²) in [6.45, 7) is 7.60. The number of amides is 2. The first-order valence-corrected chi connectivity index (χ1v) is 12.3. The monoisotopic (exact) mass is 472 g/mol. The van der Waals surface area contributed by atoms with Crippen LogP contribution in [0.15, 0.2) is 16.9 Å². The van der Waals surface area contributed by atoms with Crippen molar-refractivity contribution in [2.75, 3.05) is 45.8 Å². The predicted molar refractivity (Wildman–Crippen MR) is 126 cm³/mol. The number of hydrogen-bond donors (Lipinski definition) is 2. The molecule has 3 aliphatic rings. The maximum Gasteiger partial charge on any atom is 0.329 e. The van der Waals surface area contributed by atoms with Gasteiger partial charge in [0.15, 0.2) is 0 Å². The summed E-state index contributed by atoms with van der Waals surface area (Å²) in [4.78, 5) is 41.6. The highest BCUT2D eigenvalue weighted by molar-refractivity contribution is 6.00. The number of imide groups is 1. The molecule has 5 rings (SSSR count). The van der Waals surface area contributed by atoms with Gasteiger partial charge in [0, 0.05) is 64.4 Å². The summed E-state index contributed by atoms with van der Waals surface area (Å²) < 4.78 is 18.0. The van der Waals surface area contributed by atoms with Gasteiger partial charge in [-0.15, -0.1) is 0 Å². The molecule has 0 radical (unpaired) electrons. The number of fused-ring (bicyclic) bond motifs is 1. The van der Waals surface area contributed by atoms with E-state index in [2.05, 4.69) is 20.4 Å². The van der Waals surface area contributed by atoms with Gasteiger partial charge in [-0.05, 0) is 44.3 Å². The fraction of sp³-hybridized carbons (Fsp3) is 0.625. The number of halogens is 1. The molecule has 184 valence electrons. The number of carbonyl (C=O) groups excluding carboxylic acids is 2. The van der Waals surface area contributed by atoms with Gasteiger partial charge in [-0.2, -0.15) is 0 Å². The zero-order valence-corrected chi connectivity index (χ0v) is 19.7. The van der Waals surface area contributed by atoms with Gasteiger partial charge in [0.05, 0.1) is 11.0 Å². The summed E-state index contributed by atoms with van der Waals surface area (Å²) >= 11 is 0. The van der Waals surface area contributed by atoms with E-state index in [0.29, 0.717) is 23.1 Å². The Balaban J connectivity index is 1.30. The molecule has 10 heteroatoms. The van der Waals surface area contributed by atoms with E-state index < -0.39 is 11.9 Å². The molecule has 0 spiro atoms. The van der Waals surface area contributed by atoms with Crippen LogP contribution in [0, 0.1) is 11.7 Å². The molecular formula is C24H33FN6O3. The van der Waals surface area contributed by atoms with Gasteiger partial charge in [-0.3, -0.25) is 28.9 Å². The number of imidazole rings is 1. The van der Waals surface area contributed by atoms with Crippen molar-refractivity contribution in [2.24, 2.45) is 13.0 Å². The van der Waals surface area contributed by atoms with E-state index in [1.165, 1.54) is 28.0 Å². The van der Waals surface area contributed by atoms with E-state index in [4.69, 9.17) is 0 Å². The van der Waals surface area contributed by atoms with Gasteiger partial charge in [-0.1, -0.05) is 0 Å². The third-order valence-corrected chi connectivity index (χ3v) is 7.61. The number of piperazine rings is 1. The summed E-state index contributed by atoms with van der Waals surface area (Å²) in [7, 11) is 1.63. The van der Waals surface area contributed by atoms with Gasteiger partial charge in [0.1, 0.15) is 11.9 Å². The minimum atomic E-state index is -0.813. The first-order chi connectivity index (χ1) is 16.4. The molecule has 0 bridgehead atoms. The number of aromatic nitrogens is 2. The molecule has 1 aromatic heterocycles. The van der Waals surface area contributed by atoms with Gasteiger partial charge in [0.2, 0.25) is 11.8 Å². The number of benzene rings is 1. The second-order valence-electron chi connectivity index (χ2n) is 9.88. The zero-order chi connectivity index (χ0) is 23.8. The molecule has 34 heavy (non-hydrogen) atoms. The number of piperidine rings is 2. The molecule has 1 atom stereocenters. The molecular weight excluding hydrogens is 439 g/mol. The van der Waals surface area contributed by atoms with Crippen LogP contribution < -0.4 is 16.3 Å². The fourth-order valence-electron chi connectivity index (χ4n) is 5.58. The second-order valence-corrected chi connectivity index (χ2v) is 9.88. The molecule has 3 fully saturated rings. The lowest BCUT2D eigenvalue weighted by Gasteiger charge is -2.37. The van der Waals surface area contributed by atoms with E-state index in [-0.39, 0.29) is 30.3 Å². The quantitative estimate of drug-likeness (QED) is 0.619. The molecule has 0 aliphatic carbocycles. The topological polar surface area (TPSA) is 91.6 Å². The maximum atomic E-state index is 15.2. The number of nitrogens with zero attached hydrogens (tertiary/aromatic N) is 4. The Morgan fingerprint density at radius 2 is 1.68 bits per heavy atom. The van der Waals surface area contributed by atoms with Gasteiger partial charge >= 0.3 is 5.69 Å². The smallest absolute Gasteiger partial charge is 0.317 e. The van der Waals surface area contributed by atoms with E-state index in [1.54, 1.807) is 13.1 Å². The maximum absolute atomic E-state index is 15.2. The Morgan fingerprint density at radius 1 is 0.971 bits per heavy atom. The molecule has 9 nitrogen and oxygen atoms in total. The van der Waals surface area contributed by atoms with Crippen molar-refractivity contribution in [3.63, 3.8) is 0 Å². The lowest BCUT2D eigenvalue weighted by molar-refractivity contribution is -0.135. The lowest BCUT2D eigenvalue weighted by atomic mass is 9.97. The largest absolute Gasteiger partial charge is 0.329 e. The van der Waals surface area contributed by atoms with Crippen molar-refractivity contribution in [1.82, 2.24) is 29.6 Å². The zero-order valence-electron chi connectivity index (χ0n) is 19.7. The van der Waals surface area contributed by atoms with Crippen LogP contribution in [-0.2, 0) is 23.2 Å². The van der Waals surface area contributed by atoms with Crippen LogP contribution in [0.2, 0.25) is 0 Å². The molecule has 2 N–H and O–H groups in total. The van der Waals surface area contributed by atoms with Crippen LogP contribution in [0.25, 0.3) is 11.0 Å². The summed E-state index contributed by atoms with van der Waals surface area (Å²) in [5, 5.41) is 5.70. The van der Waals surface area contributed by atoms with Crippen LogP contribution in [-0.4, -0.2) is 76.6 Å². The summed E-state index contributed by atoms with van der Waals surface area (Å²) in [5.41, 5.74) is 1.15. The Hall–Kier alpha value is -2.56. The standard InChI is InChI=1S/C24H33FN6O3/c1-28-20-12-17(15-30-10-8-29(9-11-30)14-16-4-6-26-7-5-16)18(25)13-21(20)31(24(28)34)19-2-3-22(32)27-23(19)33/h12-13,16,19,26H,2-11,14-15H2,1H3,(H,27,32,33). The molecule has 1 aromatic carbocycles. The highest BCUT2D eigenvalue weighted by Crippen LogP contribution is 2.26. The lowest BCUT2D eigenvalue weighted by Crippen LogP contribution is -2.48. The summed E-state index contributed by atoms with van der Waals surface area (Å²) in [5.74, 6) is -0.477. The van der Waals surface area contributed by atoms with Crippen LogP contribution >= 0.6 is 0 Å². The summed E-state index contributed by atoms with van der Waals surface area (Å²) in [6, 6.07) is 2.28. The molecule has 3 aliphatic heterocycles. The number of rotatable bonds is 5. The minimum absolute atomic E-state index is 0.156. The highest BCUT2D eigenvalue weighted by atomic mass is 19.1. The average molecular weight is 473 g/mol. The molecule has 2 aromatic rings. The van der Waals surface area contributed by atoms with Crippen molar-refractivity contribution in [3.8, 4) is 0 Å². The highest BCUT2D eigenvalue weighted by Gasteiger charge is 2.32. The fourth-order valence-corrected chi connectivity index (χ4v) is 5.58. The first-order valence-electron chi connectivity index (χ1n) is 12.3. The second kappa shape index (κ2) is 9.59. The van der Waals surface area contributed by atoms with Crippen LogP contribution in [0.1, 0.15) is 37.3 Å². The number of nitrogens with one attached hydrogen (secondary N) is 2. The number of aryl methyl sites for hydroxylation is 1. The van der Waals surface area contributed by atoms with Gasteiger partial charge in [0.25, 0.3) is 0 Å². The summed E-state index contributed by atoms with van der Waals surface area (Å²) in [6.07, 6.45) is 2.86.